The number of rotatable bonds is 4. The maximum atomic E-state index is 5.89. The SMILES string of the molecule is COc1cncc(CCN2CCC(N)CC2)c1. The topological polar surface area (TPSA) is 51.4 Å². The van der Waals surface area contributed by atoms with Gasteiger partial charge in [0, 0.05) is 18.8 Å². The molecule has 0 spiro atoms. The number of hydrogen-bond acceptors (Lipinski definition) is 4. The maximum Gasteiger partial charge on any atom is 0.137 e. The number of likely N-dealkylation sites (tertiary alicyclic amines) is 1. The molecule has 2 rings (SSSR count). The molecule has 1 aliphatic rings. The molecule has 0 amide bonds. The molecule has 1 aromatic heterocycles. The van der Waals surface area contributed by atoms with Gasteiger partial charge >= 0.3 is 0 Å². The molecular weight excluding hydrogens is 214 g/mol. The summed E-state index contributed by atoms with van der Waals surface area (Å²) in [5.74, 6) is 0.836. The predicted octanol–water partition coefficient (Wildman–Crippen LogP) is 1.06. The van der Waals surface area contributed by atoms with E-state index in [0.29, 0.717) is 6.04 Å². The lowest BCUT2D eigenvalue weighted by atomic mass is 10.1. The molecule has 0 atom stereocenters. The number of pyridine rings is 1. The molecule has 1 aromatic rings. The Labute approximate surface area is 103 Å². The van der Waals surface area contributed by atoms with Crippen molar-refractivity contribution in [3.63, 3.8) is 0 Å². The quantitative estimate of drug-likeness (QED) is 0.847. The van der Waals surface area contributed by atoms with Gasteiger partial charge in [-0.2, -0.15) is 0 Å². The molecule has 4 nitrogen and oxygen atoms in total. The first-order chi connectivity index (χ1) is 8.28. The van der Waals surface area contributed by atoms with Crippen molar-refractivity contribution < 1.29 is 4.74 Å². The van der Waals surface area contributed by atoms with Crippen LogP contribution >= 0.6 is 0 Å². The Morgan fingerprint density at radius 2 is 2.18 bits per heavy atom. The maximum absolute atomic E-state index is 5.89. The Kier molecular flexibility index (Phi) is 4.34. The molecule has 1 aliphatic heterocycles. The third kappa shape index (κ3) is 3.68. The summed E-state index contributed by atoms with van der Waals surface area (Å²) < 4.78 is 5.17. The van der Waals surface area contributed by atoms with Crippen LogP contribution in [0.2, 0.25) is 0 Å². The van der Waals surface area contributed by atoms with E-state index in [2.05, 4.69) is 16.0 Å². The second kappa shape index (κ2) is 5.98. The number of aromatic nitrogens is 1. The van der Waals surface area contributed by atoms with Gasteiger partial charge in [-0.15, -0.1) is 0 Å². The van der Waals surface area contributed by atoms with E-state index in [4.69, 9.17) is 10.5 Å². The standard InChI is InChI=1S/C13H21N3O/c1-17-13-8-11(9-15-10-13)2-5-16-6-3-12(14)4-7-16/h8-10,12H,2-7,14H2,1H3. The van der Waals surface area contributed by atoms with Gasteiger partial charge in [-0.3, -0.25) is 4.98 Å². The van der Waals surface area contributed by atoms with Crippen molar-refractivity contribution >= 4 is 0 Å². The van der Waals surface area contributed by atoms with Gasteiger partial charge in [0.05, 0.1) is 13.3 Å². The summed E-state index contributed by atoms with van der Waals surface area (Å²) in [5.41, 5.74) is 7.12. The third-order valence-corrected chi connectivity index (χ3v) is 3.35. The highest BCUT2D eigenvalue weighted by Gasteiger charge is 2.15. The number of methoxy groups -OCH3 is 1. The molecule has 2 N–H and O–H groups in total. The highest BCUT2D eigenvalue weighted by Crippen LogP contribution is 2.13. The van der Waals surface area contributed by atoms with Gasteiger partial charge in [-0.1, -0.05) is 0 Å². The molecule has 0 unspecified atom stereocenters. The second-order valence-corrected chi connectivity index (χ2v) is 4.66. The normalized spacial score (nSPS) is 18.2. The number of ether oxygens (including phenoxy) is 1. The number of piperidine rings is 1. The van der Waals surface area contributed by atoms with E-state index >= 15 is 0 Å². The molecule has 1 fully saturated rings. The zero-order chi connectivity index (χ0) is 12.1. The highest BCUT2D eigenvalue weighted by molar-refractivity contribution is 5.23. The predicted molar refractivity (Wildman–Crippen MR) is 68.1 cm³/mol. The summed E-state index contributed by atoms with van der Waals surface area (Å²) in [6.07, 6.45) is 6.92. The Hall–Kier alpha value is -1.13. The van der Waals surface area contributed by atoms with E-state index in [1.165, 1.54) is 5.56 Å². The van der Waals surface area contributed by atoms with Crippen molar-refractivity contribution in [1.82, 2.24) is 9.88 Å². The molecule has 2 heterocycles. The molecule has 0 radical (unpaired) electrons. The van der Waals surface area contributed by atoms with E-state index in [1.54, 1.807) is 13.3 Å². The van der Waals surface area contributed by atoms with E-state index in [1.807, 2.05) is 6.20 Å². The van der Waals surface area contributed by atoms with Crippen LogP contribution in [0.25, 0.3) is 0 Å². The lowest BCUT2D eigenvalue weighted by molar-refractivity contribution is 0.215. The molecule has 1 saturated heterocycles. The Balaban J connectivity index is 1.81. The van der Waals surface area contributed by atoms with Gasteiger partial charge in [0.1, 0.15) is 5.75 Å². The zero-order valence-electron chi connectivity index (χ0n) is 10.4. The van der Waals surface area contributed by atoms with E-state index in [-0.39, 0.29) is 0 Å². The van der Waals surface area contributed by atoms with Crippen LogP contribution < -0.4 is 10.5 Å². The Morgan fingerprint density at radius 1 is 1.41 bits per heavy atom. The van der Waals surface area contributed by atoms with Gasteiger partial charge < -0.3 is 15.4 Å². The first kappa shape index (κ1) is 12.3. The van der Waals surface area contributed by atoms with Crippen molar-refractivity contribution in [3.8, 4) is 5.75 Å². The van der Waals surface area contributed by atoms with Gasteiger partial charge in [0.25, 0.3) is 0 Å². The van der Waals surface area contributed by atoms with Crippen LogP contribution in [0, 0.1) is 0 Å². The number of nitrogens with two attached hydrogens (primary N) is 1. The average Bonchev–Trinajstić information content (AvgIpc) is 2.38. The van der Waals surface area contributed by atoms with E-state index in [0.717, 1.165) is 44.6 Å². The average molecular weight is 235 g/mol. The smallest absolute Gasteiger partial charge is 0.137 e. The van der Waals surface area contributed by atoms with Crippen LogP contribution in [0.3, 0.4) is 0 Å². The summed E-state index contributed by atoms with van der Waals surface area (Å²) in [7, 11) is 1.67. The minimum atomic E-state index is 0.407. The van der Waals surface area contributed by atoms with Crippen LogP contribution in [0.1, 0.15) is 18.4 Å². The fourth-order valence-electron chi connectivity index (χ4n) is 2.18. The first-order valence-corrected chi connectivity index (χ1v) is 6.24. The minimum absolute atomic E-state index is 0.407. The summed E-state index contributed by atoms with van der Waals surface area (Å²) >= 11 is 0. The van der Waals surface area contributed by atoms with Crippen LogP contribution in [0.4, 0.5) is 0 Å². The minimum Gasteiger partial charge on any atom is -0.495 e. The lowest BCUT2D eigenvalue weighted by Crippen LogP contribution is -2.40. The summed E-state index contributed by atoms with van der Waals surface area (Å²) in [4.78, 5) is 6.64. The fraction of sp³-hybridized carbons (Fsp3) is 0.615. The van der Waals surface area contributed by atoms with Crippen molar-refractivity contribution in [1.29, 1.82) is 0 Å². The zero-order valence-corrected chi connectivity index (χ0v) is 10.4. The van der Waals surface area contributed by atoms with Crippen LogP contribution in [0.15, 0.2) is 18.5 Å². The summed E-state index contributed by atoms with van der Waals surface area (Å²) in [6.45, 7) is 3.33. The molecule has 4 heteroatoms. The first-order valence-electron chi connectivity index (χ1n) is 6.24. The van der Waals surface area contributed by atoms with Gasteiger partial charge in [-0.05, 0) is 44.0 Å². The van der Waals surface area contributed by atoms with Crippen LogP contribution in [-0.2, 0) is 6.42 Å². The molecule has 0 bridgehead atoms. The third-order valence-electron chi connectivity index (χ3n) is 3.35. The highest BCUT2D eigenvalue weighted by atomic mass is 16.5. The summed E-state index contributed by atoms with van der Waals surface area (Å²) in [6, 6.07) is 2.47. The molecule has 0 aromatic carbocycles. The summed E-state index contributed by atoms with van der Waals surface area (Å²) in [5, 5.41) is 0. The van der Waals surface area contributed by atoms with Crippen LogP contribution in [0.5, 0.6) is 5.75 Å². The van der Waals surface area contributed by atoms with Gasteiger partial charge in [-0.25, -0.2) is 0 Å². The van der Waals surface area contributed by atoms with E-state index < -0.39 is 0 Å². The molecule has 0 aliphatic carbocycles. The van der Waals surface area contributed by atoms with Gasteiger partial charge in [0.15, 0.2) is 0 Å². The second-order valence-electron chi connectivity index (χ2n) is 4.66. The Bertz CT molecular complexity index is 348. The van der Waals surface area contributed by atoms with Gasteiger partial charge in [0.2, 0.25) is 0 Å². The molecule has 17 heavy (non-hydrogen) atoms. The molecular formula is C13H21N3O. The van der Waals surface area contributed by atoms with Crippen molar-refractivity contribution in [2.75, 3.05) is 26.7 Å². The lowest BCUT2D eigenvalue weighted by Gasteiger charge is -2.29. The monoisotopic (exact) mass is 235 g/mol. The van der Waals surface area contributed by atoms with Crippen molar-refractivity contribution in [2.24, 2.45) is 5.73 Å². The molecule has 0 saturated carbocycles. The van der Waals surface area contributed by atoms with E-state index in [9.17, 15) is 0 Å². The fourth-order valence-corrected chi connectivity index (χ4v) is 2.18. The number of nitrogens with zero attached hydrogens (tertiary/aromatic N) is 2. The van der Waals surface area contributed by atoms with Crippen LogP contribution in [-0.4, -0.2) is 42.7 Å². The van der Waals surface area contributed by atoms with Crippen molar-refractivity contribution in [3.05, 3.63) is 24.0 Å². The van der Waals surface area contributed by atoms with Crippen molar-refractivity contribution in [2.45, 2.75) is 25.3 Å². The largest absolute Gasteiger partial charge is 0.495 e. The Morgan fingerprint density at radius 3 is 2.88 bits per heavy atom. The molecule has 94 valence electrons. The number of hydrogen-bond donors (Lipinski definition) is 1.